The van der Waals surface area contributed by atoms with E-state index in [-0.39, 0.29) is 5.41 Å². The maximum atomic E-state index is 5.49. The normalized spacial score (nSPS) is 13.1. The van der Waals surface area contributed by atoms with Gasteiger partial charge in [0.1, 0.15) is 0 Å². The average molecular weight is 811 g/mol. The minimum Gasteiger partial charge on any atom is -0.309 e. The second kappa shape index (κ2) is 13.3. The molecule has 2 aliphatic carbocycles. The second-order valence-electron chi connectivity index (χ2n) is 17.4. The Labute approximate surface area is 371 Å². The minimum absolute atomic E-state index is 0.361. The molecule has 10 aromatic carbocycles. The first-order valence-electron chi connectivity index (χ1n) is 22.2. The highest BCUT2D eigenvalue weighted by molar-refractivity contribution is 6.20. The summed E-state index contributed by atoms with van der Waals surface area (Å²) in [6, 6.07) is 85.0. The number of para-hydroxylation sites is 2. The quantitative estimate of drug-likeness (QED) is 0.162. The highest BCUT2D eigenvalue weighted by atomic mass is 15.0. The van der Waals surface area contributed by atoms with Crippen LogP contribution < -0.4 is 0 Å². The van der Waals surface area contributed by atoms with Crippen molar-refractivity contribution in [3.63, 3.8) is 0 Å². The molecule has 0 N–H and O–H groups in total. The third-order valence-corrected chi connectivity index (χ3v) is 14.2. The van der Waals surface area contributed by atoms with E-state index in [2.05, 4.69) is 235 Å². The van der Waals surface area contributed by atoms with E-state index in [1.807, 2.05) is 0 Å². The van der Waals surface area contributed by atoms with Crippen LogP contribution in [0.15, 0.2) is 231 Å². The molecule has 14 rings (SSSR count). The molecule has 0 amide bonds. The summed E-state index contributed by atoms with van der Waals surface area (Å²) in [5.41, 5.74) is 21.7. The predicted molar refractivity (Wildman–Crippen MR) is 266 cm³/mol. The van der Waals surface area contributed by atoms with Crippen LogP contribution in [0.5, 0.6) is 0 Å². The van der Waals surface area contributed by atoms with Gasteiger partial charge in [0.05, 0.1) is 27.7 Å². The summed E-state index contributed by atoms with van der Waals surface area (Å²) < 4.78 is 2.40. The van der Waals surface area contributed by atoms with Crippen LogP contribution in [-0.4, -0.2) is 9.55 Å². The molecular weight excluding hydrogens is 773 g/mol. The lowest BCUT2D eigenvalue weighted by Crippen LogP contribution is -2.25. The molecule has 2 heterocycles. The fraction of sp³-hybridized carbons (Fsp3) is 0.0161. The molecule has 0 aliphatic heterocycles. The molecule has 64 heavy (non-hydrogen) atoms. The van der Waals surface area contributed by atoms with Crippen molar-refractivity contribution < 1.29 is 0 Å². The van der Waals surface area contributed by atoms with Crippen molar-refractivity contribution in [3.05, 3.63) is 253 Å². The number of nitrogens with zero attached hydrogens (tertiary/aromatic N) is 2. The van der Waals surface area contributed by atoms with Crippen molar-refractivity contribution in [3.8, 4) is 61.5 Å². The maximum absolute atomic E-state index is 5.49. The van der Waals surface area contributed by atoms with Crippen LogP contribution in [0.4, 0.5) is 0 Å². The Kier molecular flexibility index (Phi) is 7.35. The predicted octanol–water partition coefficient (Wildman–Crippen LogP) is 15.8. The van der Waals surface area contributed by atoms with Crippen molar-refractivity contribution in [2.75, 3.05) is 0 Å². The first kappa shape index (κ1) is 35.3. The number of hydrogen-bond acceptors (Lipinski definition) is 1. The number of hydrogen-bond donors (Lipinski definition) is 0. The zero-order valence-electron chi connectivity index (χ0n) is 34.8. The van der Waals surface area contributed by atoms with Crippen LogP contribution in [0.2, 0.25) is 0 Å². The molecule has 2 heteroatoms. The van der Waals surface area contributed by atoms with Gasteiger partial charge in [-0.05, 0) is 115 Å². The van der Waals surface area contributed by atoms with E-state index in [1.54, 1.807) is 0 Å². The molecule has 2 aliphatic rings. The molecule has 0 saturated carbocycles. The smallest absolute Gasteiger partial charge is 0.0788 e. The molecule has 296 valence electrons. The van der Waals surface area contributed by atoms with Gasteiger partial charge in [-0.15, -0.1) is 0 Å². The van der Waals surface area contributed by atoms with Gasteiger partial charge < -0.3 is 4.57 Å². The molecule has 1 spiro atoms. The first-order chi connectivity index (χ1) is 31.7. The molecule has 2 nitrogen and oxygen atoms in total. The van der Waals surface area contributed by atoms with Crippen molar-refractivity contribution in [1.29, 1.82) is 0 Å². The molecule has 0 radical (unpaired) electrons. The lowest BCUT2D eigenvalue weighted by molar-refractivity contribution is 0.794. The van der Waals surface area contributed by atoms with Crippen molar-refractivity contribution in [1.82, 2.24) is 9.55 Å². The van der Waals surface area contributed by atoms with E-state index in [0.717, 1.165) is 44.4 Å². The van der Waals surface area contributed by atoms with Gasteiger partial charge in [0.15, 0.2) is 0 Å². The minimum atomic E-state index is -0.361. The van der Waals surface area contributed by atoms with Crippen LogP contribution in [-0.2, 0) is 5.41 Å². The van der Waals surface area contributed by atoms with Gasteiger partial charge in [-0.1, -0.05) is 188 Å². The third-order valence-electron chi connectivity index (χ3n) is 14.2. The van der Waals surface area contributed by atoms with Gasteiger partial charge in [0, 0.05) is 32.8 Å². The monoisotopic (exact) mass is 810 g/mol. The standard InChI is InChI=1S/C62H38N2/c1-3-15-41(16-4-1)61-53-37-52-50-22-10-14-26-59(50)64(44-17-5-2-6-18-44)60(52)38-51(53)49-34-32-43(36-58(49)63-61)40-29-27-39(28-30-40)42-31-33-48-47-21-9-13-25-56(47)62(57(48)35-42)54-23-11-7-19-45(54)46-20-8-12-24-55(46)62/h1-38H. The van der Waals surface area contributed by atoms with E-state index in [0.29, 0.717) is 0 Å². The molecule has 0 bridgehead atoms. The SMILES string of the molecule is c1ccc(-c2nc3cc(-c4ccc(-c5ccc6c(c5)C5(c7ccccc7-c7ccccc75)c5ccccc5-6)cc4)ccc3c3cc4c(cc23)c2ccccc2n4-c2ccccc2)cc1. The van der Waals surface area contributed by atoms with E-state index < -0.39 is 0 Å². The van der Waals surface area contributed by atoms with E-state index in [9.17, 15) is 0 Å². The van der Waals surface area contributed by atoms with Crippen molar-refractivity contribution in [2.24, 2.45) is 0 Å². The van der Waals surface area contributed by atoms with E-state index in [4.69, 9.17) is 4.98 Å². The maximum Gasteiger partial charge on any atom is 0.0788 e. The Morgan fingerprint density at radius 3 is 1.50 bits per heavy atom. The summed E-state index contributed by atoms with van der Waals surface area (Å²) in [6.45, 7) is 0. The Balaban J connectivity index is 0.908. The van der Waals surface area contributed by atoms with Gasteiger partial charge in [0.2, 0.25) is 0 Å². The summed E-state index contributed by atoms with van der Waals surface area (Å²) in [6.07, 6.45) is 0. The van der Waals surface area contributed by atoms with Crippen LogP contribution in [0.3, 0.4) is 0 Å². The molecule has 0 fully saturated rings. The molecule has 0 unspecified atom stereocenters. The van der Waals surface area contributed by atoms with Gasteiger partial charge >= 0.3 is 0 Å². The molecule has 2 aromatic heterocycles. The largest absolute Gasteiger partial charge is 0.309 e. The molecule has 0 atom stereocenters. The number of fused-ring (bicyclic) bond motifs is 16. The fourth-order valence-electron chi connectivity index (χ4n) is 11.4. The van der Waals surface area contributed by atoms with Crippen molar-refractivity contribution in [2.45, 2.75) is 5.41 Å². The first-order valence-corrected chi connectivity index (χ1v) is 22.2. The molecule has 12 aromatic rings. The Morgan fingerprint density at radius 2 is 0.828 bits per heavy atom. The van der Waals surface area contributed by atoms with Crippen LogP contribution in [0.25, 0.3) is 105 Å². The highest BCUT2D eigenvalue weighted by Crippen LogP contribution is 2.63. The van der Waals surface area contributed by atoms with Gasteiger partial charge in [-0.3, -0.25) is 0 Å². The number of aromatic nitrogens is 2. The van der Waals surface area contributed by atoms with Gasteiger partial charge in [-0.25, -0.2) is 4.98 Å². The van der Waals surface area contributed by atoms with Crippen LogP contribution in [0, 0.1) is 0 Å². The van der Waals surface area contributed by atoms with Crippen LogP contribution >= 0.6 is 0 Å². The number of pyridine rings is 1. The topological polar surface area (TPSA) is 17.8 Å². The highest BCUT2D eigenvalue weighted by Gasteiger charge is 2.51. The number of rotatable bonds is 4. The summed E-state index contributed by atoms with van der Waals surface area (Å²) in [7, 11) is 0. The summed E-state index contributed by atoms with van der Waals surface area (Å²) in [5.74, 6) is 0. The average Bonchev–Trinajstić information content (AvgIpc) is 3.97. The lowest BCUT2D eigenvalue weighted by Gasteiger charge is -2.30. The Morgan fingerprint density at radius 1 is 0.297 bits per heavy atom. The van der Waals surface area contributed by atoms with E-state index >= 15 is 0 Å². The van der Waals surface area contributed by atoms with E-state index in [1.165, 1.54) is 82.8 Å². The van der Waals surface area contributed by atoms with Crippen molar-refractivity contribution >= 4 is 43.5 Å². The molecular formula is C62H38N2. The molecule has 0 saturated heterocycles. The lowest BCUT2D eigenvalue weighted by atomic mass is 9.70. The zero-order chi connectivity index (χ0) is 41.9. The Bertz CT molecular complexity index is 3810. The van der Waals surface area contributed by atoms with Crippen LogP contribution in [0.1, 0.15) is 22.3 Å². The third kappa shape index (κ3) is 4.82. The second-order valence-corrected chi connectivity index (χ2v) is 17.4. The zero-order valence-corrected chi connectivity index (χ0v) is 34.8. The van der Waals surface area contributed by atoms with Gasteiger partial charge in [0.25, 0.3) is 0 Å². The summed E-state index contributed by atoms with van der Waals surface area (Å²) in [4.78, 5) is 5.49. The van der Waals surface area contributed by atoms with Gasteiger partial charge in [-0.2, -0.15) is 0 Å². The Hall–Kier alpha value is -8.33. The fourth-order valence-corrected chi connectivity index (χ4v) is 11.4. The number of benzene rings is 10. The summed E-state index contributed by atoms with van der Waals surface area (Å²) in [5, 5.41) is 5.96. The summed E-state index contributed by atoms with van der Waals surface area (Å²) >= 11 is 0.